The Labute approximate surface area is 166 Å². The minimum absolute atomic E-state index is 0.104. The Morgan fingerprint density at radius 3 is 2.71 bits per heavy atom. The second-order valence-electron chi connectivity index (χ2n) is 10.4. The zero-order valence-corrected chi connectivity index (χ0v) is 17.3. The number of nitrogens with one attached hydrogen (secondary N) is 1. The van der Waals surface area contributed by atoms with E-state index in [0.717, 1.165) is 36.8 Å². The van der Waals surface area contributed by atoms with Crippen molar-refractivity contribution in [2.24, 2.45) is 22.7 Å². The van der Waals surface area contributed by atoms with Crippen molar-refractivity contribution in [3.63, 3.8) is 0 Å². The van der Waals surface area contributed by atoms with E-state index in [2.05, 4.69) is 33.0 Å². The molecule has 2 saturated carbocycles. The summed E-state index contributed by atoms with van der Waals surface area (Å²) >= 11 is 0. The van der Waals surface area contributed by atoms with Gasteiger partial charge in [0.05, 0.1) is 11.7 Å². The van der Waals surface area contributed by atoms with E-state index in [9.17, 15) is 15.0 Å². The van der Waals surface area contributed by atoms with Crippen molar-refractivity contribution in [2.45, 2.75) is 78.0 Å². The van der Waals surface area contributed by atoms with E-state index >= 15 is 0 Å². The molecule has 1 aromatic rings. The van der Waals surface area contributed by atoms with Crippen LogP contribution in [0.3, 0.4) is 0 Å². The molecule has 1 aromatic carbocycles. The number of carbonyl (C=O) groups is 1. The van der Waals surface area contributed by atoms with Gasteiger partial charge in [-0.1, -0.05) is 27.7 Å². The highest BCUT2D eigenvalue weighted by Gasteiger charge is 2.67. The monoisotopic (exact) mass is 385 g/mol. The molecule has 3 N–H and O–H groups in total. The Morgan fingerprint density at radius 2 is 1.96 bits per heavy atom. The van der Waals surface area contributed by atoms with Gasteiger partial charge in [0.25, 0.3) is 5.91 Å². The minimum atomic E-state index is -0.453. The van der Waals surface area contributed by atoms with E-state index < -0.39 is 5.60 Å². The zero-order chi connectivity index (χ0) is 20.1. The molecule has 2 heterocycles. The minimum Gasteiger partial charge on any atom is -0.508 e. The van der Waals surface area contributed by atoms with Gasteiger partial charge < -0.3 is 20.3 Å². The summed E-state index contributed by atoms with van der Waals surface area (Å²) in [6.45, 7) is 9.40. The number of aliphatic hydroxyl groups excluding tert-OH is 1. The van der Waals surface area contributed by atoms with Crippen molar-refractivity contribution < 1.29 is 19.7 Å². The molecule has 0 radical (unpaired) electrons. The first-order valence-corrected chi connectivity index (χ1v) is 10.6. The quantitative estimate of drug-likeness (QED) is 0.638. The molecular weight excluding hydrogens is 354 g/mol. The van der Waals surface area contributed by atoms with Crippen molar-refractivity contribution in [2.75, 3.05) is 0 Å². The molecule has 2 aliphatic heterocycles. The van der Waals surface area contributed by atoms with Crippen LogP contribution < -0.4 is 10.1 Å². The van der Waals surface area contributed by atoms with Crippen molar-refractivity contribution in [1.82, 2.24) is 5.32 Å². The van der Waals surface area contributed by atoms with E-state index in [4.69, 9.17) is 4.74 Å². The number of phenols is 1. The number of phenolic OH excluding ortho intramolecular Hbond substituents is 1. The van der Waals surface area contributed by atoms with Crippen LogP contribution in [0.4, 0.5) is 0 Å². The number of aromatic hydroxyl groups is 1. The topological polar surface area (TPSA) is 78.8 Å². The van der Waals surface area contributed by atoms with Gasteiger partial charge in [-0.25, -0.2) is 0 Å². The lowest BCUT2D eigenvalue weighted by molar-refractivity contribution is -0.210. The van der Waals surface area contributed by atoms with E-state index in [1.165, 1.54) is 0 Å². The Kier molecular flexibility index (Phi) is 3.55. The SMILES string of the molecule is C[C@@H]1CC[C@@H]2C(C)(C)[C@H](O)CC[C@]2(C)[C@@]12Cc1c(O)cc3c(c1O2)C(=O)NC3. The molecule has 152 valence electrons. The van der Waals surface area contributed by atoms with Crippen LogP contribution in [-0.2, 0) is 13.0 Å². The molecule has 2 fully saturated rings. The summed E-state index contributed by atoms with van der Waals surface area (Å²) in [6, 6.07) is 1.73. The summed E-state index contributed by atoms with van der Waals surface area (Å²) in [7, 11) is 0. The normalized spacial score (nSPS) is 40.5. The van der Waals surface area contributed by atoms with Crippen LogP contribution >= 0.6 is 0 Å². The van der Waals surface area contributed by atoms with Gasteiger partial charge in [0.15, 0.2) is 0 Å². The Morgan fingerprint density at radius 1 is 1.21 bits per heavy atom. The third-order valence-electron chi connectivity index (χ3n) is 8.95. The number of carbonyl (C=O) groups excluding carboxylic acids is 1. The molecule has 1 spiro atoms. The lowest BCUT2D eigenvalue weighted by Gasteiger charge is -2.64. The average molecular weight is 386 g/mol. The predicted octanol–water partition coefficient (Wildman–Crippen LogP) is 3.54. The molecule has 0 aromatic heterocycles. The zero-order valence-electron chi connectivity index (χ0n) is 17.3. The average Bonchev–Trinajstić information content (AvgIpc) is 3.20. The highest BCUT2D eigenvalue weighted by atomic mass is 16.5. The molecule has 5 heteroatoms. The fourth-order valence-corrected chi connectivity index (χ4v) is 7.19. The summed E-state index contributed by atoms with van der Waals surface area (Å²) < 4.78 is 6.84. The number of hydrogen-bond acceptors (Lipinski definition) is 4. The molecular formula is C23H31NO4. The molecule has 5 rings (SSSR count). The first-order valence-electron chi connectivity index (χ1n) is 10.6. The van der Waals surface area contributed by atoms with Crippen LogP contribution in [0.15, 0.2) is 6.07 Å². The lowest BCUT2D eigenvalue weighted by Crippen LogP contribution is -2.66. The van der Waals surface area contributed by atoms with Gasteiger partial charge in [0, 0.05) is 23.9 Å². The van der Waals surface area contributed by atoms with Crippen LogP contribution in [0.2, 0.25) is 0 Å². The Balaban J connectivity index is 1.66. The molecule has 28 heavy (non-hydrogen) atoms. The van der Waals surface area contributed by atoms with Gasteiger partial charge in [0.1, 0.15) is 17.1 Å². The van der Waals surface area contributed by atoms with Crippen LogP contribution in [0.5, 0.6) is 11.5 Å². The first-order chi connectivity index (χ1) is 13.1. The smallest absolute Gasteiger partial charge is 0.255 e. The summed E-state index contributed by atoms with van der Waals surface area (Å²) in [5, 5.41) is 24.3. The first kappa shape index (κ1) is 18.3. The number of amides is 1. The molecule has 1 amide bonds. The number of aliphatic hydroxyl groups is 1. The van der Waals surface area contributed by atoms with E-state index in [1.807, 2.05) is 0 Å². The maximum Gasteiger partial charge on any atom is 0.255 e. The summed E-state index contributed by atoms with van der Waals surface area (Å²) in [4.78, 5) is 12.5. The van der Waals surface area contributed by atoms with Crippen LogP contribution in [0, 0.1) is 22.7 Å². The summed E-state index contributed by atoms with van der Waals surface area (Å²) in [5.74, 6) is 1.38. The second kappa shape index (κ2) is 5.44. The molecule has 5 nitrogen and oxygen atoms in total. The molecule has 0 unspecified atom stereocenters. The third kappa shape index (κ3) is 1.99. The number of fused-ring (bicyclic) bond motifs is 5. The third-order valence-corrected chi connectivity index (χ3v) is 8.95. The van der Waals surface area contributed by atoms with Crippen LogP contribution in [0.1, 0.15) is 74.9 Å². The van der Waals surface area contributed by atoms with Gasteiger partial charge in [-0.05, 0) is 54.6 Å². The van der Waals surface area contributed by atoms with Crippen molar-refractivity contribution in [1.29, 1.82) is 0 Å². The van der Waals surface area contributed by atoms with Crippen molar-refractivity contribution >= 4 is 5.91 Å². The molecule has 4 aliphatic rings. The molecule has 0 bridgehead atoms. The van der Waals surface area contributed by atoms with Gasteiger partial charge in [0.2, 0.25) is 0 Å². The Bertz CT molecular complexity index is 878. The van der Waals surface area contributed by atoms with Crippen LogP contribution in [-0.4, -0.2) is 27.8 Å². The number of rotatable bonds is 0. The fourth-order valence-electron chi connectivity index (χ4n) is 7.19. The largest absolute Gasteiger partial charge is 0.508 e. The molecule has 2 aliphatic carbocycles. The maximum absolute atomic E-state index is 12.5. The lowest BCUT2D eigenvalue weighted by atomic mass is 9.43. The summed E-state index contributed by atoms with van der Waals surface area (Å²) in [6.07, 6.45) is 4.10. The number of ether oxygens (including phenoxy) is 1. The van der Waals surface area contributed by atoms with Gasteiger partial charge in [-0.2, -0.15) is 0 Å². The predicted molar refractivity (Wildman–Crippen MR) is 105 cm³/mol. The Hall–Kier alpha value is -1.75. The highest BCUT2D eigenvalue weighted by Crippen LogP contribution is 2.67. The fraction of sp³-hybridized carbons (Fsp3) is 0.696. The van der Waals surface area contributed by atoms with E-state index in [1.54, 1.807) is 6.07 Å². The van der Waals surface area contributed by atoms with Gasteiger partial charge >= 0.3 is 0 Å². The second-order valence-corrected chi connectivity index (χ2v) is 10.4. The van der Waals surface area contributed by atoms with E-state index in [-0.39, 0.29) is 28.6 Å². The highest BCUT2D eigenvalue weighted by molar-refractivity contribution is 6.02. The standard InChI is InChI=1S/C23H31NO4/c1-12-5-6-16-21(2,3)17(26)7-8-22(16,4)23(12)10-14-15(25)9-13-11-24-20(27)18(13)19(14)28-23/h9,12,16-17,25-26H,5-8,10-11H2,1-4H3,(H,24,27)/t12-,16-,17-,22+,23-/m1/s1. The van der Waals surface area contributed by atoms with Gasteiger partial charge in [-0.15, -0.1) is 0 Å². The van der Waals surface area contributed by atoms with Crippen molar-refractivity contribution in [3.8, 4) is 11.5 Å². The van der Waals surface area contributed by atoms with Gasteiger partial charge in [-0.3, -0.25) is 4.79 Å². The van der Waals surface area contributed by atoms with E-state index in [0.29, 0.717) is 36.1 Å². The van der Waals surface area contributed by atoms with Crippen LogP contribution in [0.25, 0.3) is 0 Å². The van der Waals surface area contributed by atoms with Crippen molar-refractivity contribution in [3.05, 3.63) is 22.8 Å². The molecule has 5 atom stereocenters. The number of benzene rings is 1. The number of hydrogen-bond donors (Lipinski definition) is 3. The maximum atomic E-state index is 12.5. The summed E-state index contributed by atoms with van der Waals surface area (Å²) in [5.41, 5.74) is 1.46. The molecule has 0 saturated heterocycles.